The molecule has 4 rings (SSSR count). The number of carboxylic acid groups (broad SMARTS) is 1. The van der Waals surface area contributed by atoms with Gasteiger partial charge < -0.3 is 56.8 Å². The summed E-state index contributed by atoms with van der Waals surface area (Å²) in [6, 6.07) is 8.38. The van der Waals surface area contributed by atoms with Gasteiger partial charge in [0.15, 0.2) is 12.3 Å². The summed E-state index contributed by atoms with van der Waals surface area (Å²) in [6.07, 6.45) is 14.8. The van der Waals surface area contributed by atoms with Crippen LogP contribution in [-0.4, -0.2) is 173 Å². The average Bonchev–Trinajstić information content (AvgIpc) is 3.69. The van der Waals surface area contributed by atoms with E-state index in [1.54, 1.807) is 50.5 Å². The van der Waals surface area contributed by atoms with Crippen molar-refractivity contribution in [3.8, 4) is 0 Å². The standard InChI is InChI=1S/C50H72N2O18S3/c1-49(21-13-37-71(55,56)57)42-38-40(72(58,59)60)18-20-45(42)52(24-26-64-3)46(49)14-9-6-5-7-10-15-47-50(2,22-25-66-29-30-68-33-34-70-36-35-69-32-31-67-28-27-65-4)43-39-41(73(61,62)63)17-19-44(43)51(47)23-12-8-11-16-48(53)54/h5-7,9-10,14-15,17-20,38-39H,8,11-13,16,21-37H2,1-4H3,(H3-,53,54,55,56,57,58,59,60,61,62,63)/p-2. The summed E-state index contributed by atoms with van der Waals surface area (Å²) in [5.74, 6) is -1.53. The molecule has 0 spiro atoms. The Morgan fingerprint density at radius 3 is 1.73 bits per heavy atom. The van der Waals surface area contributed by atoms with E-state index in [4.69, 9.17) is 33.2 Å². The number of carbonyl (C=O) groups is 1. The minimum absolute atomic E-state index is 0.0237. The molecule has 0 saturated carbocycles. The Morgan fingerprint density at radius 1 is 0.630 bits per heavy atom. The zero-order chi connectivity index (χ0) is 53.5. The second-order valence-corrected chi connectivity index (χ2v) is 21.9. The molecule has 73 heavy (non-hydrogen) atoms. The number of hydrogen-bond donors (Lipinski definition) is 1. The highest BCUT2D eigenvalue weighted by Crippen LogP contribution is 2.51. The molecule has 1 N–H and O–H groups in total. The number of carboxylic acids is 1. The molecule has 23 heteroatoms. The summed E-state index contributed by atoms with van der Waals surface area (Å²) >= 11 is 0. The van der Waals surface area contributed by atoms with E-state index < -0.39 is 57.8 Å². The van der Waals surface area contributed by atoms with Crippen LogP contribution in [0.5, 0.6) is 0 Å². The molecule has 2 aromatic rings. The van der Waals surface area contributed by atoms with Gasteiger partial charge >= 0.3 is 5.97 Å². The van der Waals surface area contributed by atoms with Crippen molar-refractivity contribution in [3.05, 3.63) is 95.8 Å². The third-order valence-corrected chi connectivity index (χ3v) is 14.9. The molecule has 2 unspecified atom stereocenters. The van der Waals surface area contributed by atoms with E-state index in [2.05, 4.69) is 4.90 Å². The number of methoxy groups -OCH3 is 2. The maximum absolute atomic E-state index is 12.3. The average molecular weight is 1080 g/mol. The largest absolute Gasteiger partial charge is 0.748 e. The van der Waals surface area contributed by atoms with Crippen molar-refractivity contribution >= 4 is 53.4 Å². The Labute approximate surface area is 430 Å². The summed E-state index contributed by atoms with van der Waals surface area (Å²) in [5, 5.41) is 9.21. The molecule has 2 aliphatic heterocycles. The van der Waals surface area contributed by atoms with Crippen LogP contribution < -0.4 is 4.90 Å². The Morgan fingerprint density at radius 2 is 1.16 bits per heavy atom. The van der Waals surface area contributed by atoms with E-state index in [9.17, 15) is 48.8 Å². The van der Waals surface area contributed by atoms with E-state index >= 15 is 0 Å². The Hall–Kier alpha value is -4.21. The van der Waals surface area contributed by atoms with Crippen LogP contribution in [0.4, 0.5) is 11.4 Å². The number of anilines is 1. The third-order valence-electron chi connectivity index (χ3n) is 12.5. The summed E-state index contributed by atoms with van der Waals surface area (Å²) in [6.45, 7) is 9.16. The van der Waals surface area contributed by atoms with Crippen molar-refractivity contribution in [2.24, 2.45) is 0 Å². The third kappa shape index (κ3) is 19.1. The summed E-state index contributed by atoms with van der Waals surface area (Å²) in [5.41, 5.74) is 2.02. The summed E-state index contributed by atoms with van der Waals surface area (Å²) < 4.78 is 148. The molecular weight excluding hydrogens is 1010 g/mol. The number of fused-ring (bicyclic) bond motifs is 2. The lowest BCUT2D eigenvalue weighted by molar-refractivity contribution is -0.441. The molecule has 2 aromatic carbocycles. The topological polar surface area (TPSA) is 280 Å². The number of unbranched alkanes of at least 4 members (excludes halogenated alkanes) is 2. The lowest BCUT2D eigenvalue weighted by Crippen LogP contribution is -2.32. The molecule has 2 atom stereocenters. The van der Waals surface area contributed by atoms with Gasteiger partial charge in [-0.3, -0.25) is 4.79 Å². The van der Waals surface area contributed by atoms with E-state index in [1.165, 1.54) is 37.4 Å². The van der Waals surface area contributed by atoms with Crippen LogP contribution in [0.2, 0.25) is 0 Å². The molecule has 20 nitrogen and oxygen atoms in total. The highest BCUT2D eigenvalue weighted by atomic mass is 32.2. The molecule has 0 aliphatic carbocycles. The smallest absolute Gasteiger partial charge is 0.303 e. The monoisotopic (exact) mass is 1080 g/mol. The first kappa shape index (κ1) is 61.3. The van der Waals surface area contributed by atoms with Crippen molar-refractivity contribution in [1.82, 2.24) is 0 Å². The van der Waals surface area contributed by atoms with Crippen LogP contribution in [-0.2, 0) is 79.1 Å². The number of allylic oxidation sites excluding steroid dienone is 8. The van der Waals surface area contributed by atoms with Crippen molar-refractivity contribution in [2.45, 2.75) is 79.4 Å². The van der Waals surface area contributed by atoms with Crippen LogP contribution >= 0.6 is 0 Å². The maximum atomic E-state index is 12.3. The number of ether oxygens (including phenoxy) is 7. The van der Waals surface area contributed by atoms with Crippen LogP contribution in [0.15, 0.2) is 94.4 Å². The van der Waals surface area contributed by atoms with Crippen molar-refractivity contribution in [1.29, 1.82) is 0 Å². The molecular formula is C50H70N2O18S3-2. The van der Waals surface area contributed by atoms with Gasteiger partial charge in [0.1, 0.15) is 26.8 Å². The van der Waals surface area contributed by atoms with Crippen LogP contribution in [0.1, 0.15) is 69.9 Å². The minimum atomic E-state index is -4.84. The fourth-order valence-corrected chi connectivity index (χ4v) is 10.3. The van der Waals surface area contributed by atoms with Crippen LogP contribution in [0, 0.1) is 0 Å². The van der Waals surface area contributed by atoms with Gasteiger partial charge in [-0.1, -0.05) is 36.8 Å². The predicted octanol–water partition coefficient (Wildman–Crippen LogP) is 4.92. The molecule has 0 aromatic heterocycles. The first-order chi connectivity index (χ1) is 34.7. The number of rotatable bonds is 37. The van der Waals surface area contributed by atoms with E-state index in [0.29, 0.717) is 126 Å². The first-order valence-electron chi connectivity index (χ1n) is 24.0. The maximum Gasteiger partial charge on any atom is 0.303 e. The second kappa shape index (κ2) is 29.8. The van der Waals surface area contributed by atoms with Crippen LogP contribution in [0.3, 0.4) is 0 Å². The number of aliphatic carboxylic acids is 1. The van der Waals surface area contributed by atoms with E-state index in [1.807, 2.05) is 23.7 Å². The summed E-state index contributed by atoms with van der Waals surface area (Å²) in [4.78, 5) is 12.5. The highest BCUT2D eigenvalue weighted by molar-refractivity contribution is 7.86. The Kier molecular flexibility index (Phi) is 25.0. The van der Waals surface area contributed by atoms with Crippen LogP contribution in [0.25, 0.3) is 0 Å². The lowest BCUT2D eigenvalue weighted by Gasteiger charge is -2.30. The van der Waals surface area contributed by atoms with Gasteiger partial charge in [-0.25, -0.2) is 25.3 Å². The minimum Gasteiger partial charge on any atom is -0.748 e. The molecule has 0 fully saturated rings. The molecule has 2 aliphatic rings. The van der Waals surface area contributed by atoms with E-state index in [-0.39, 0.29) is 44.0 Å². The molecule has 0 saturated heterocycles. The SMILES string of the molecule is COCCOCCOCCOCCOCCOCCC1(C)\C(=C/C=C/C=C/C=C/C2=[N+](CCOC)c3ccc(S(=O)(=O)[O-])cc3C2(C)CCCS(=O)(=O)[O-])N(CCCCCC(=O)O)c2ccc(S(=O)(=O)[O-])cc21. The zero-order valence-electron chi connectivity index (χ0n) is 42.1. The molecule has 0 bridgehead atoms. The number of hydrogen-bond acceptors (Lipinski definition) is 18. The zero-order valence-corrected chi connectivity index (χ0v) is 44.5. The molecule has 0 radical (unpaired) electrons. The summed E-state index contributed by atoms with van der Waals surface area (Å²) in [7, 11) is -11.1. The van der Waals surface area contributed by atoms with Crippen molar-refractivity contribution < 1.29 is 86.5 Å². The van der Waals surface area contributed by atoms with Gasteiger partial charge in [0.25, 0.3) is 0 Å². The quantitative estimate of drug-likeness (QED) is 0.0407. The fraction of sp³-hybridized carbons (Fsp3) is 0.560. The van der Waals surface area contributed by atoms with Gasteiger partial charge in [0, 0.05) is 74.1 Å². The second-order valence-electron chi connectivity index (χ2n) is 17.7. The Balaban J connectivity index is 1.54. The van der Waals surface area contributed by atoms with Crippen molar-refractivity contribution in [2.75, 3.05) is 117 Å². The predicted molar refractivity (Wildman–Crippen MR) is 269 cm³/mol. The van der Waals surface area contributed by atoms with Gasteiger partial charge in [0.2, 0.25) is 5.69 Å². The fourth-order valence-electron chi connectivity index (χ4n) is 8.78. The number of benzene rings is 2. The molecule has 408 valence electrons. The van der Waals surface area contributed by atoms with Crippen molar-refractivity contribution in [3.63, 3.8) is 0 Å². The lowest BCUT2D eigenvalue weighted by atomic mass is 9.76. The van der Waals surface area contributed by atoms with Gasteiger partial charge in [0.05, 0.1) is 91.4 Å². The Bertz CT molecular complexity index is 2610. The van der Waals surface area contributed by atoms with E-state index in [0.717, 1.165) is 5.70 Å². The van der Waals surface area contributed by atoms with Gasteiger partial charge in [-0.2, -0.15) is 4.58 Å². The first-order valence-corrected chi connectivity index (χ1v) is 28.4. The van der Waals surface area contributed by atoms with Gasteiger partial charge in [-0.05, 0) is 87.9 Å². The molecule has 2 heterocycles. The number of nitrogens with zero attached hydrogens (tertiary/aromatic N) is 2. The van der Waals surface area contributed by atoms with Gasteiger partial charge in [-0.15, -0.1) is 0 Å². The molecule has 0 amide bonds. The normalized spacial score (nSPS) is 18.9. The highest BCUT2D eigenvalue weighted by Gasteiger charge is 2.48.